The molecule has 2 heterocycles. The average molecular weight is 194 g/mol. The lowest BCUT2D eigenvalue weighted by atomic mass is 10.2. The summed E-state index contributed by atoms with van der Waals surface area (Å²) in [5, 5.41) is 11.3. The molecule has 0 bridgehead atoms. The fraction of sp³-hybridized carbons (Fsp3) is 0.333. The van der Waals surface area contributed by atoms with Gasteiger partial charge in [-0.1, -0.05) is 0 Å². The highest BCUT2D eigenvalue weighted by atomic mass is 16.5. The van der Waals surface area contributed by atoms with Gasteiger partial charge in [-0.2, -0.15) is 0 Å². The molecule has 74 valence electrons. The van der Waals surface area contributed by atoms with Crippen molar-refractivity contribution in [3.8, 4) is 5.75 Å². The van der Waals surface area contributed by atoms with Crippen LogP contribution in [0.1, 0.15) is 6.42 Å². The molecule has 5 heteroatoms. The van der Waals surface area contributed by atoms with Crippen molar-refractivity contribution in [2.75, 3.05) is 11.9 Å². The smallest absolute Gasteiger partial charge is 0.266 e. The van der Waals surface area contributed by atoms with Gasteiger partial charge in [-0.05, 0) is 12.1 Å². The van der Waals surface area contributed by atoms with Crippen molar-refractivity contribution in [1.82, 2.24) is 4.98 Å². The summed E-state index contributed by atoms with van der Waals surface area (Å²) in [4.78, 5) is 15.3. The van der Waals surface area contributed by atoms with E-state index < -0.39 is 6.10 Å². The maximum absolute atomic E-state index is 11.4. The highest BCUT2D eigenvalue weighted by molar-refractivity contribution is 5.96. The van der Waals surface area contributed by atoms with E-state index in [1.54, 1.807) is 18.3 Å². The van der Waals surface area contributed by atoms with Crippen LogP contribution in [0.4, 0.5) is 5.82 Å². The van der Waals surface area contributed by atoms with E-state index in [9.17, 15) is 4.79 Å². The van der Waals surface area contributed by atoms with Crippen LogP contribution in [0.5, 0.6) is 5.75 Å². The Morgan fingerprint density at radius 3 is 3.29 bits per heavy atom. The fourth-order valence-electron chi connectivity index (χ4n) is 1.29. The first-order chi connectivity index (χ1) is 6.81. The summed E-state index contributed by atoms with van der Waals surface area (Å²) in [5.74, 6) is 0.725. The predicted octanol–water partition coefficient (Wildman–Crippen LogP) is 0.164. The molecular weight excluding hydrogens is 184 g/mol. The lowest BCUT2D eigenvalue weighted by Gasteiger charge is -2.24. The zero-order valence-electron chi connectivity index (χ0n) is 7.43. The van der Waals surface area contributed by atoms with Crippen LogP contribution in [0.2, 0.25) is 0 Å². The lowest BCUT2D eigenvalue weighted by Crippen LogP contribution is -2.37. The van der Waals surface area contributed by atoms with Gasteiger partial charge in [0.2, 0.25) is 0 Å². The number of amides is 1. The molecule has 14 heavy (non-hydrogen) atoms. The summed E-state index contributed by atoms with van der Waals surface area (Å²) in [6.07, 6.45) is 1.26. The minimum absolute atomic E-state index is 0.0757. The average Bonchev–Trinajstić information content (AvgIpc) is 2.19. The number of pyridine rings is 1. The Morgan fingerprint density at radius 2 is 2.50 bits per heavy atom. The molecule has 0 aliphatic carbocycles. The zero-order valence-corrected chi connectivity index (χ0v) is 7.43. The Morgan fingerprint density at radius 1 is 1.64 bits per heavy atom. The zero-order chi connectivity index (χ0) is 9.97. The van der Waals surface area contributed by atoms with Crippen molar-refractivity contribution in [2.24, 2.45) is 0 Å². The summed E-state index contributed by atoms with van der Waals surface area (Å²) in [6, 6.07) is 3.46. The van der Waals surface area contributed by atoms with Gasteiger partial charge in [-0.15, -0.1) is 0 Å². The molecule has 1 aliphatic rings. The predicted molar refractivity (Wildman–Crippen MR) is 49.0 cm³/mol. The number of aliphatic hydroxyl groups excluding tert-OH is 1. The third kappa shape index (κ3) is 1.54. The van der Waals surface area contributed by atoms with E-state index in [1.807, 2.05) is 0 Å². The Bertz CT molecular complexity index is 354. The number of carbonyl (C=O) groups excluding carboxylic acids is 1. The summed E-state index contributed by atoms with van der Waals surface area (Å²) < 4.78 is 5.35. The minimum atomic E-state index is -0.614. The molecular formula is C9H10N2O3. The van der Waals surface area contributed by atoms with Crippen LogP contribution in [0, 0.1) is 0 Å². The van der Waals surface area contributed by atoms with E-state index in [4.69, 9.17) is 9.84 Å². The van der Waals surface area contributed by atoms with Gasteiger partial charge in [0, 0.05) is 19.2 Å². The Kier molecular flexibility index (Phi) is 2.32. The molecule has 0 saturated heterocycles. The van der Waals surface area contributed by atoms with E-state index in [0.29, 0.717) is 18.0 Å². The number of ether oxygens (including phenoxy) is 1. The highest BCUT2D eigenvalue weighted by Crippen LogP contribution is 2.26. The number of fused-ring (bicyclic) bond motifs is 1. The van der Waals surface area contributed by atoms with Gasteiger partial charge >= 0.3 is 0 Å². The third-order valence-electron chi connectivity index (χ3n) is 1.97. The molecule has 0 saturated carbocycles. The first-order valence-corrected chi connectivity index (χ1v) is 4.34. The van der Waals surface area contributed by atoms with Crippen LogP contribution in [-0.4, -0.2) is 28.7 Å². The summed E-state index contributed by atoms with van der Waals surface area (Å²) in [7, 11) is 0. The maximum atomic E-state index is 11.4. The second-order valence-corrected chi connectivity index (χ2v) is 2.96. The van der Waals surface area contributed by atoms with Crippen molar-refractivity contribution in [1.29, 1.82) is 0 Å². The number of hydrogen-bond acceptors (Lipinski definition) is 4. The first-order valence-electron chi connectivity index (χ1n) is 4.34. The van der Waals surface area contributed by atoms with Crippen LogP contribution < -0.4 is 10.1 Å². The molecule has 5 nitrogen and oxygen atoms in total. The minimum Gasteiger partial charge on any atom is -0.477 e. The number of rotatable bonds is 2. The van der Waals surface area contributed by atoms with Gasteiger partial charge in [-0.3, -0.25) is 4.79 Å². The molecule has 0 fully saturated rings. The third-order valence-corrected chi connectivity index (χ3v) is 1.97. The maximum Gasteiger partial charge on any atom is 0.266 e. The SMILES string of the molecule is O=C1Nc2ncccc2OC1CCO. The largest absolute Gasteiger partial charge is 0.477 e. The van der Waals surface area contributed by atoms with Gasteiger partial charge in [0.1, 0.15) is 0 Å². The van der Waals surface area contributed by atoms with Gasteiger partial charge in [0.05, 0.1) is 0 Å². The standard InChI is InChI=1S/C9H10N2O3/c12-5-3-7-9(13)11-8-6(14-7)2-1-4-10-8/h1-2,4,7,12H,3,5H2,(H,10,11,13). The van der Waals surface area contributed by atoms with Gasteiger partial charge in [0.25, 0.3) is 5.91 Å². The van der Waals surface area contributed by atoms with Crippen molar-refractivity contribution >= 4 is 11.7 Å². The van der Waals surface area contributed by atoms with Gasteiger partial charge in [-0.25, -0.2) is 4.98 Å². The molecule has 1 atom stereocenters. The topological polar surface area (TPSA) is 71.5 Å². The summed E-state index contributed by atoms with van der Waals surface area (Å²) in [6.45, 7) is -0.0757. The molecule has 1 aromatic rings. The molecule has 1 unspecified atom stereocenters. The van der Waals surface area contributed by atoms with Crippen molar-refractivity contribution < 1.29 is 14.6 Å². The molecule has 1 amide bonds. The van der Waals surface area contributed by atoms with E-state index >= 15 is 0 Å². The van der Waals surface area contributed by atoms with Gasteiger partial charge in [0.15, 0.2) is 17.7 Å². The Hall–Kier alpha value is -1.62. The Labute approximate surface area is 80.7 Å². The van der Waals surface area contributed by atoms with Crippen LogP contribution in [0.3, 0.4) is 0 Å². The van der Waals surface area contributed by atoms with E-state index in [2.05, 4.69) is 10.3 Å². The molecule has 2 N–H and O–H groups in total. The molecule has 0 aromatic carbocycles. The normalized spacial score (nSPS) is 19.5. The number of nitrogens with zero attached hydrogens (tertiary/aromatic N) is 1. The number of hydrogen-bond donors (Lipinski definition) is 2. The fourth-order valence-corrected chi connectivity index (χ4v) is 1.29. The second-order valence-electron chi connectivity index (χ2n) is 2.96. The molecule has 1 aromatic heterocycles. The number of carbonyl (C=O) groups is 1. The summed E-state index contributed by atoms with van der Waals surface area (Å²) >= 11 is 0. The first kappa shape index (κ1) is 8.96. The second kappa shape index (κ2) is 3.63. The quantitative estimate of drug-likeness (QED) is 0.703. The van der Waals surface area contributed by atoms with E-state index in [1.165, 1.54) is 0 Å². The number of nitrogens with one attached hydrogen (secondary N) is 1. The van der Waals surface area contributed by atoms with E-state index in [0.717, 1.165) is 0 Å². The van der Waals surface area contributed by atoms with Crippen molar-refractivity contribution in [2.45, 2.75) is 12.5 Å². The van der Waals surface area contributed by atoms with Crippen LogP contribution in [0.25, 0.3) is 0 Å². The van der Waals surface area contributed by atoms with Crippen molar-refractivity contribution in [3.05, 3.63) is 18.3 Å². The van der Waals surface area contributed by atoms with Crippen LogP contribution in [-0.2, 0) is 4.79 Å². The number of aromatic nitrogens is 1. The molecule has 1 aliphatic heterocycles. The van der Waals surface area contributed by atoms with Gasteiger partial charge < -0.3 is 15.2 Å². The Balaban J connectivity index is 2.22. The molecule has 2 rings (SSSR count). The lowest BCUT2D eigenvalue weighted by molar-refractivity contribution is -0.124. The van der Waals surface area contributed by atoms with Crippen molar-refractivity contribution in [3.63, 3.8) is 0 Å². The van der Waals surface area contributed by atoms with E-state index in [-0.39, 0.29) is 12.5 Å². The molecule has 0 spiro atoms. The summed E-state index contributed by atoms with van der Waals surface area (Å²) in [5.41, 5.74) is 0. The molecule has 0 radical (unpaired) electrons. The van der Waals surface area contributed by atoms with Crippen LogP contribution >= 0.6 is 0 Å². The monoisotopic (exact) mass is 194 g/mol. The number of aliphatic hydroxyl groups is 1. The highest BCUT2D eigenvalue weighted by Gasteiger charge is 2.27. The van der Waals surface area contributed by atoms with Crippen LogP contribution in [0.15, 0.2) is 18.3 Å². The number of anilines is 1.